The van der Waals surface area contributed by atoms with E-state index in [0.717, 1.165) is 17.0 Å². The van der Waals surface area contributed by atoms with Crippen LogP contribution in [0.3, 0.4) is 0 Å². The number of carbonyl (C=O) groups is 1. The van der Waals surface area contributed by atoms with Crippen molar-refractivity contribution in [2.75, 3.05) is 19.8 Å². The van der Waals surface area contributed by atoms with Gasteiger partial charge in [-0.05, 0) is 18.4 Å². The molecular formula is C16H20N2O3S. The van der Waals surface area contributed by atoms with Crippen molar-refractivity contribution in [2.45, 2.75) is 26.3 Å². The number of ether oxygens (including phenoxy) is 1. The minimum absolute atomic E-state index is 0.0000510. The molecule has 0 saturated carbocycles. The van der Waals surface area contributed by atoms with Crippen LogP contribution in [-0.2, 0) is 4.74 Å². The highest BCUT2D eigenvalue weighted by Crippen LogP contribution is 2.26. The fraction of sp³-hybridized carbons (Fsp3) is 0.500. The number of hydrogen-bond acceptors (Lipinski definition) is 5. The van der Waals surface area contributed by atoms with Gasteiger partial charge in [-0.15, -0.1) is 11.3 Å². The molecule has 2 aromatic heterocycles. The average molecular weight is 320 g/mol. The monoisotopic (exact) mass is 320 g/mol. The molecule has 1 fully saturated rings. The summed E-state index contributed by atoms with van der Waals surface area (Å²) in [6.45, 7) is 6.17. The van der Waals surface area contributed by atoms with Gasteiger partial charge in [-0.3, -0.25) is 4.79 Å². The van der Waals surface area contributed by atoms with Crippen LogP contribution in [0.4, 0.5) is 0 Å². The number of carbonyl (C=O) groups excluding carboxylic acids is 1. The molecule has 22 heavy (non-hydrogen) atoms. The maximum absolute atomic E-state index is 12.8. The SMILES string of the molecule is CC(C)C[C@H]1COCCN1C(=O)c1csc(-c2ccoc2)n1. The van der Waals surface area contributed by atoms with Gasteiger partial charge >= 0.3 is 0 Å². The van der Waals surface area contributed by atoms with Crippen molar-refractivity contribution in [2.24, 2.45) is 5.92 Å². The van der Waals surface area contributed by atoms with E-state index >= 15 is 0 Å². The van der Waals surface area contributed by atoms with Gasteiger partial charge in [-0.2, -0.15) is 0 Å². The van der Waals surface area contributed by atoms with Gasteiger partial charge in [0.15, 0.2) is 0 Å². The molecule has 5 nitrogen and oxygen atoms in total. The molecule has 1 atom stereocenters. The van der Waals surface area contributed by atoms with Gasteiger partial charge in [0.1, 0.15) is 17.0 Å². The fourth-order valence-corrected chi connectivity index (χ4v) is 3.48. The Bertz CT molecular complexity index is 621. The molecule has 0 aliphatic carbocycles. The van der Waals surface area contributed by atoms with Gasteiger partial charge in [0.05, 0.1) is 25.5 Å². The molecule has 1 amide bonds. The van der Waals surface area contributed by atoms with Crippen molar-refractivity contribution in [3.05, 3.63) is 29.7 Å². The second-order valence-corrected chi connectivity index (χ2v) is 6.76. The summed E-state index contributed by atoms with van der Waals surface area (Å²) in [5, 5.41) is 2.64. The standard InChI is InChI=1S/C16H20N2O3S/c1-11(2)7-13-9-21-6-4-18(13)16(19)14-10-22-15(17-14)12-3-5-20-8-12/h3,5,8,10-11,13H,4,6-7,9H2,1-2H3/t13-/m0/s1. The lowest BCUT2D eigenvalue weighted by Gasteiger charge is -2.36. The predicted molar refractivity (Wildman–Crippen MR) is 84.9 cm³/mol. The fourth-order valence-electron chi connectivity index (χ4n) is 2.70. The Morgan fingerprint density at radius 2 is 2.41 bits per heavy atom. The van der Waals surface area contributed by atoms with E-state index in [1.807, 2.05) is 16.3 Å². The van der Waals surface area contributed by atoms with Gasteiger partial charge < -0.3 is 14.1 Å². The number of hydrogen-bond donors (Lipinski definition) is 0. The van der Waals surface area contributed by atoms with E-state index in [0.29, 0.717) is 31.4 Å². The Morgan fingerprint density at radius 1 is 1.55 bits per heavy atom. The molecule has 2 aromatic rings. The molecule has 1 aliphatic rings. The van der Waals surface area contributed by atoms with Gasteiger partial charge in [-0.25, -0.2) is 4.98 Å². The second-order valence-electron chi connectivity index (χ2n) is 5.91. The highest BCUT2D eigenvalue weighted by molar-refractivity contribution is 7.13. The van der Waals surface area contributed by atoms with Crippen LogP contribution in [0.2, 0.25) is 0 Å². The molecule has 0 radical (unpaired) electrons. The van der Waals surface area contributed by atoms with Gasteiger partial charge in [0.2, 0.25) is 0 Å². The molecule has 118 valence electrons. The lowest BCUT2D eigenvalue weighted by atomic mass is 10.0. The number of amides is 1. The number of rotatable bonds is 4. The van der Waals surface area contributed by atoms with Gasteiger partial charge in [-0.1, -0.05) is 13.8 Å². The highest BCUT2D eigenvalue weighted by atomic mass is 32.1. The van der Waals surface area contributed by atoms with Crippen molar-refractivity contribution in [3.8, 4) is 10.6 Å². The molecule has 0 unspecified atom stereocenters. The van der Waals surface area contributed by atoms with Crippen LogP contribution >= 0.6 is 11.3 Å². The second kappa shape index (κ2) is 6.62. The van der Waals surface area contributed by atoms with Crippen molar-refractivity contribution in [1.29, 1.82) is 0 Å². The molecule has 1 aliphatic heterocycles. The van der Waals surface area contributed by atoms with Crippen molar-refractivity contribution in [1.82, 2.24) is 9.88 Å². The third kappa shape index (κ3) is 3.23. The summed E-state index contributed by atoms with van der Waals surface area (Å²) in [5.41, 5.74) is 1.42. The Kier molecular flexibility index (Phi) is 4.59. The van der Waals surface area contributed by atoms with Crippen LogP contribution in [0.15, 0.2) is 28.4 Å². The Labute approximate surface area is 133 Å². The largest absolute Gasteiger partial charge is 0.472 e. The highest BCUT2D eigenvalue weighted by Gasteiger charge is 2.29. The minimum atomic E-state index is -0.0000510. The van der Waals surface area contributed by atoms with Crippen LogP contribution < -0.4 is 0 Å². The third-order valence-electron chi connectivity index (χ3n) is 3.72. The Hall–Kier alpha value is -1.66. The maximum atomic E-state index is 12.8. The molecule has 3 heterocycles. The first-order valence-corrected chi connectivity index (χ1v) is 8.40. The summed E-state index contributed by atoms with van der Waals surface area (Å²) in [6.07, 6.45) is 4.20. The lowest BCUT2D eigenvalue weighted by Crippen LogP contribution is -2.49. The molecule has 0 bridgehead atoms. The van der Waals surface area contributed by atoms with E-state index in [4.69, 9.17) is 9.15 Å². The van der Waals surface area contributed by atoms with Crippen LogP contribution in [0.25, 0.3) is 10.6 Å². The first-order valence-electron chi connectivity index (χ1n) is 7.52. The topological polar surface area (TPSA) is 55.6 Å². The molecule has 3 rings (SSSR count). The van der Waals surface area contributed by atoms with Crippen LogP contribution in [0.1, 0.15) is 30.8 Å². The summed E-state index contributed by atoms with van der Waals surface area (Å²) in [6, 6.07) is 1.99. The number of aromatic nitrogens is 1. The molecule has 6 heteroatoms. The van der Waals surface area contributed by atoms with Crippen molar-refractivity contribution < 1.29 is 13.9 Å². The maximum Gasteiger partial charge on any atom is 0.273 e. The van der Waals surface area contributed by atoms with E-state index in [-0.39, 0.29) is 11.9 Å². The van der Waals surface area contributed by atoms with Crippen molar-refractivity contribution in [3.63, 3.8) is 0 Å². The van der Waals surface area contributed by atoms with E-state index in [1.54, 1.807) is 12.5 Å². The van der Waals surface area contributed by atoms with E-state index in [9.17, 15) is 4.79 Å². The van der Waals surface area contributed by atoms with Crippen LogP contribution in [0.5, 0.6) is 0 Å². The first-order chi connectivity index (χ1) is 10.6. The van der Waals surface area contributed by atoms with Gasteiger partial charge in [0.25, 0.3) is 5.91 Å². The minimum Gasteiger partial charge on any atom is -0.472 e. The first kappa shape index (κ1) is 15.2. The normalized spacial score (nSPS) is 18.9. The zero-order valence-corrected chi connectivity index (χ0v) is 13.6. The Morgan fingerprint density at radius 3 is 3.14 bits per heavy atom. The summed E-state index contributed by atoms with van der Waals surface area (Å²) < 4.78 is 10.6. The summed E-state index contributed by atoms with van der Waals surface area (Å²) in [5.74, 6) is 0.527. The summed E-state index contributed by atoms with van der Waals surface area (Å²) in [4.78, 5) is 19.1. The number of furan rings is 1. The molecule has 0 aromatic carbocycles. The number of nitrogens with zero attached hydrogens (tertiary/aromatic N) is 2. The summed E-state index contributed by atoms with van der Waals surface area (Å²) in [7, 11) is 0. The molecular weight excluding hydrogens is 300 g/mol. The van der Waals surface area contributed by atoms with Gasteiger partial charge in [0, 0.05) is 17.5 Å². The molecule has 0 N–H and O–H groups in total. The van der Waals surface area contributed by atoms with E-state index < -0.39 is 0 Å². The third-order valence-corrected chi connectivity index (χ3v) is 4.61. The van der Waals surface area contributed by atoms with E-state index in [1.165, 1.54) is 11.3 Å². The van der Waals surface area contributed by atoms with Crippen LogP contribution in [0, 0.1) is 5.92 Å². The zero-order chi connectivity index (χ0) is 15.5. The van der Waals surface area contributed by atoms with Crippen molar-refractivity contribution >= 4 is 17.2 Å². The van der Waals surface area contributed by atoms with Crippen LogP contribution in [-0.4, -0.2) is 41.6 Å². The average Bonchev–Trinajstić information content (AvgIpc) is 3.17. The quantitative estimate of drug-likeness (QED) is 0.867. The number of morpholine rings is 1. The summed E-state index contributed by atoms with van der Waals surface area (Å²) >= 11 is 1.46. The molecule has 1 saturated heterocycles. The Balaban J connectivity index is 1.77. The van der Waals surface area contributed by atoms with E-state index in [2.05, 4.69) is 18.8 Å². The number of thiazole rings is 1. The molecule has 0 spiro atoms. The lowest BCUT2D eigenvalue weighted by molar-refractivity contribution is -0.00771. The smallest absolute Gasteiger partial charge is 0.273 e. The predicted octanol–water partition coefficient (Wildman–Crippen LogP) is 3.29. The zero-order valence-electron chi connectivity index (χ0n) is 12.8.